The van der Waals surface area contributed by atoms with Crippen LogP contribution in [0, 0.1) is 12.7 Å². The first-order chi connectivity index (χ1) is 13.6. The van der Waals surface area contributed by atoms with Crippen molar-refractivity contribution in [3.63, 3.8) is 0 Å². The summed E-state index contributed by atoms with van der Waals surface area (Å²) in [4.78, 5) is 37.4. The number of hydrogen-bond acceptors (Lipinski definition) is 4. The Morgan fingerprint density at radius 3 is 2.45 bits per heavy atom. The van der Waals surface area contributed by atoms with Gasteiger partial charge < -0.3 is 16.0 Å². The molecule has 1 aromatic carbocycles. The van der Waals surface area contributed by atoms with Crippen molar-refractivity contribution in [2.24, 2.45) is 0 Å². The average Bonchev–Trinajstić information content (AvgIpc) is 3.01. The summed E-state index contributed by atoms with van der Waals surface area (Å²) in [5, 5.41) is 8.57. The number of nitrogens with one attached hydrogen (secondary N) is 3. The van der Waals surface area contributed by atoms with Gasteiger partial charge in [-0.05, 0) is 57.0 Å². The molecule has 0 radical (unpaired) electrons. The molecule has 0 aliphatic carbocycles. The van der Waals surface area contributed by atoms with Gasteiger partial charge in [-0.1, -0.05) is 18.5 Å². The number of aryl methyl sites for hydroxylation is 1. The zero-order valence-electron chi connectivity index (χ0n) is 16.6. The topological polar surface area (TPSA) is 87.3 Å². The monoisotopic (exact) mass is 439 g/mol. The average molecular weight is 440 g/mol. The summed E-state index contributed by atoms with van der Waals surface area (Å²) >= 11 is 6.99. The first-order valence-corrected chi connectivity index (χ1v) is 10.3. The SMILES string of the molecule is CCC(C)NC(=O)C(C)NC(=O)c1sc(NC(=O)c2ccc(F)cc2Cl)cc1C. The number of thiophene rings is 1. The molecule has 6 nitrogen and oxygen atoms in total. The van der Waals surface area contributed by atoms with E-state index in [9.17, 15) is 18.8 Å². The molecule has 3 N–H and O–H groups in total. The molecule has 2 atom stereocenters. The molecule has 3 amide bonds. The molecule has 0 spiro atoms. The number of anilines is 1. The predicted octanol–water partition coefficient (Wildman–Crippen LogP) is 4.13. The van der Waals surface area contributed by atoms with E-state index in [4.69, 9.17) is 11.6 Å². The van der Waals surface area contributed by atoms with E-state index in [1.807, 2.05) is 13.8 Å². The largest absolute Gasteiger partial charge is 0.352 e. The van der Waals surface area contributed by atoms with Crippen LogP contribution in [0.25, 0.3) is 0 Å². The van der Waals surface area contributed by atoms with Crippen LogP contribution in [0.2, 0.25) is 5.02 Å². The van der Waals surface area contributed by atoms with Gasteiger partial charge in [0.2, 0.25) is 5.91 Å². The molecule has 0 saturated heterocycles. The molecule has 1 heterocycles. The van der Waals surface area contributed by atoms with Crippen molar-refractivity contribution in [1.82, 2.24) is 10.6 Å². The summed E-state index contributed by atoms with van der Waals surface area (Å²) in [7, 11) is 0. The minimum Gasteiger partial charge on any atom is -0.352 e. The van der Waals surface area contributed by atoms with Gasteiger partial charge in [-0.3, -0.25) is 14.4 Å². The first kappa shape index (κ1) is 22.8. The molecular formula is C20H23ClFN3O3S. The molecule has 2 unspecified atom stereocenters. The normalized spacial score (nSPS) is 12.8. The third kappa shape index (κ3) is 6.01. The minimum atomic E-state index is -0.700. The standard InChI is InChI=1S/C20H23ClFN3O3S/c1-5-11(3)23-18(26)12(4)24-20(28)17-10(2)8-16(29-17)25-19(27)14-7-6-13(22)9-15(14)21/h6-9,11-12H,5H2,1-4H3,(H,23,26)(H,24,28)(H,25,27). The number of carbonyl (C=O) groups is 3. The summed E-state index contributed by atoms with van der Waals surface area (Å²) < 4.78 is 13.1. The van der Waals surface area contributed by atoms with Gasteiger partial charge in [0.05, 0.1) is 20.5 Å². The second-order valence-corrected chi connectivity index (χ2v) is 8.17. The van der Waals surface area contributed by atoms with E-state index in [0.29, 0.717) is 15.4 Å². The Kier molecular flexibility index (Phi) is 7.75. The van der Waals surface area contributed by atoms with Gasteiger partial charge in [0.15, 0.2) is 0 Å². The highest BCUT2D eigenvalue weighted by Crippen LogP contribution is 2.28. The van der Waals surface area contributed by atoms with E-state index < -0.39 is 23.7 Å². The highest BCUT2D eigenvalue weighted by atomic mass is 35.5. The molecule has 0 aliphatic rings. The van der Waals surface area contributed by atoms with Crippen LogP contribution in [-0.2, 0) is 4.79 Å². The van der Waals surface area contributed by atoms with Crippen LogP contribution >= 0.6 is 22.9 Å². The second-order valence-electron chi connectivity index (χ2n) is 6.71. The third-order valence-corrected chi connectivity index (χ3v) is 5.74. The maximum Gasteiger partial charge on any atom is 0.262 e. The van der Waals surface area contributed by atoms with Gasteiger partial charge >= 0.3 is 0 Å². The number of carbonyl (C=O) groups excluding carboxylic acids is 3. The fourth-order valence-electron chi connectivity index (χ4n) is 2.42. The fourth-order valence-corrected chi connectivity index (χ4v) is 3.64. The number of halogens is 2. The molecule has 0 fully saturated rings. The van der Waals surface area contributed by atoms with Gasteiger partial charge in [-0.15, -0.1) is 11.3 Å². The second kappa shape index (κ2) is 9.84. The van der Waals surface area contributed by atoms with Gasteiger partial charge in [0, 0.05) is 6.04 Å². The van der Waals surface area contributed by atoms with Crippen molar-refractivity contribution in [3.05, 3.63) is 51.1 Å². The Bertz CT molecular complexity index is 932. The Labute approximate surface area is 177 Å². The van der Waals surface area contributed by atoms with E-state index in [-0.39, 0.29) is 22.5 Å². The zero-order valence-corrected chi connectivity index (χ0v) is 18.1. The van der Waals surface area contributed by atoms with Gasteiger partial charge in [0.1, 0.15) is 11.9 Å². The van der Waals surface area contributed by atoms with Crippen LogP contribution in [0.1, 0.15) is 52.8 Å². The predicted molar refractivity (Wildman–Crippen MR) is 113 cm³/mol. The van der Waals surface area contributed by atoms with E-state index in [1.165, 1.54) is 6.07 Å². The van der Waals surface area contributed by atoms with Gasteiger partial charge in [-0.25, -0.2) is 4.39 Å². The molecule has 0 bridgehead atoms. The Morgan fingerprint density at radius 1 is 1.14 bits per heavy atom. The maximum absolute atomic E-state index is 13.1. The van der Waals surface area contributed by atoms with E-state index in [2.05, 4.69) is 16.0 Å². The molecule has 156 valence electrons. The summed E-state index contributed by atoms with van der Waals surface area (Å²) in [6.07, 6.45) is 0.789. The minimum absolute atomic E-state index is 0.00473. The summed E-state index contributed by atoms with van der Waals surface area (Å²) in [5.74, 6) is -1.71. The lowest BCUT2D eigenvalue weighted by molar-refractivity contribution is -0.123. The summed E-state index contributed by atoms with van der Waals surface area (Å²) in [5.41, 5.74) is 0.781. The highest BCUT2D eigenvalue weighted by molar-refractivity contribution is 7.18. The lowest BCUT2D eigenvalue weighted by Gasteiger charge is -2.17. The smallest absolute Gasteiger partial charge is 0.262 e. The fraction of sp³-hybridized carbons (Fsp3) is 0.350. The zero-order chi connectivity index (χ0) is 21.7. The van der Waals surface area contributed by atoms with Crippen LogP contribution in [0.5, 0.6) is 0 Å². The summed E-state index contributed by atoms with van der Waals surface area (Å²) in [6.45, 7) is 7.18. The molecular weight excluding hydrogens is 417 g/mol. The van der Waals surface area contributed by atoms with Gasteiger partial charge in [0.25, 0.3) is 11.8 Å². The number of hydrogen-bond donors (Lipinski definition) is 3. The van der Waals surface area contributed by atoms with Crippen LogP contribution in [-0.4, -0.2) is 29.8 Å². The first-order valence-electron chi connectivity index (χ1n) is 9.10. The van der Waals surface area contributed by atoms with Crippen molar-refractivity contribution in [2.45, 2.75) is 46.2 Å². The molecule has 0 aliphatic heterocycles. The quantitative estimate of drug-likeness (QED) is 0.606. The van der Waals surface area contributed by atoms with E-state index >= 15 is 0 Å². The molecule has 29 heavy (non-hydrogen) atoms. The van der Waals surface area contributed by atoms with Crippen LogP contribution in [0.15, 0.2) is 24.3 Å². The third-order valence-electron chi connectivity index (χ3n) is 4.28. The van der Waals surface area contributed by atoms with Gasteiger partial charge in [-0.2, -0.15) is 0 Å². The van der Waals surface area contributed by atoms with Crippen LogP contribution in [0.4, 0.5) is 9.39 Å². The van der Waals surface area contributed by atoms with E-state index in [1.54, 1.807) is 19.9 Å². The number of benzene rings is 1. The molecule has 9 heteroatoms. The van der Waals surface area contributed by atoms with Crippen molar-refractivity contribution in [1.29, 1.82) is 0 Å². The number of amides is 3. The molecule has 1 aromatic heterocycles. The lowest BCUT2D eigenvalue weighted by atomic mass is 10.2. The van der Waals surface area contributed by atoms with Crippen molar-refractivity contribution < 1.29 is 18.8 Å². The van der Waals surface area contributed by atoms with Crippen LogP contribution in [0.3, 0.4) is 0 Å². The maximum atomic E-state index is 13.1. The molecule has 0 saturated carbocycles. The van der Waals surface area contributed by atoms with E-state index in [0.717, 1.165) is 29.9 Å². The Morgan fingerprint density at radius 2 is 1.83 bits per heavy atom. The molecule has 2 rings (SSSR count). The highest BCUT2D eigenvalue weighted by Gasteiger charge is 2.21. The Hall–Kier alpha value is -2.45. The van der Waals surface area contributed by atoms with Crippen LogP contribution < -0.4 is 16.0 Å². The lowest BCUT2D eigenvalue weighted by Crippen LogP contribution is -2.47. The number of rotatable bonds is 7. The Balaban J connectivity index is 2.06. The molecule has 2 aromatic rings. The van der Waals surface area contributed by atoms with Crippen molar-refractivity contribution in [3.8, 4) is 0 Å². The van der Waals surface area contributed by atoms with Crippen molar-refractivity contribution >= 4 is 45.7 Å². The summed E-state index contributed by atoms with van der Waals surface area (Å²) in [6, 6.07) is 4.46. The van der Waals surface area contributed by atoms with Crippen molar-refractivity contribution in [2.75, 3.05) is 5.32 Å².